The van der Waals surface area contributed by atoms with Crippen molar-refractivity contribution in [2.45, 2.75) is 25.3 Å². The van der Waals surface area contributed by atoms with Crippen LogP contribution >= 0.6 is 12.4 Å². The Morgan fingerprint density at radius 3 is 2.18 bits per heavy atom. The summed E-state index contributed by atoms with van der Waals surface area (Å²) in [6.45, 7) is 2.70. The maximum atomic E-state index is 12.0. The standard InChI is InChI=1S/C18H22N2O.ClH/c1-14(16-10-6-3-7-11-16)13-20-18(21)17(19)12-15-8-4-2-5-9-15;/h2-11,14,17H,12-13,19H2,1H3,(H,20,21);1H. The van der Waals surface area contributed by atoms with Crippen LogP contribution < -0.4 is 11.1 Å². The summed E-state index contributed by atoms with van der Waals surface area (Å²) in [5.41, 5.74) is 8.26. The van der Waals surface area contributed by atoms with Crippen molar-refractivity contribution in [3.63, 3.8) is 0 Å². The first-order chi connectivity index (χ1) is 10.2. The normalized spacial score (nSPS) is 12.8. The molecule has 0 spiro atoms. The summed E-state index contributed by atoms with van der Waals surface area (Å²) in [7, 11) is 0. The van der Waals surface area contributed by atoms with Gasteiger partial charge in [0.2, 0.25) is 5.91 Å². The lowest BCUT2D eigenvalue weighted by molar-refractivity contribution is -0.122. The number of hydrogen-bond donors (Lipinski definition) is 2. The van der Waals surface area contributed by atoms with Crippen molar-refractivity contribution in [3.8, 4) is 0 Å². The fraction of sp³-hybridized carbons (Fsp3) is 0.278. The Bertz CT molecular complexity index is 560. The SMILES string of the molecule is CC(CNC(=O)C(N)Cc1ccccc1)c1ccccc1.Cl. The third-order valence-electron chi connectivity index (χ3n) is 3.59. The molecule has 0 saturated carbocycles. The number of halogens is 1. The van der Waals surface area contributed by atoms with E-state index < -0.39 is 6.04 Å². The second-order valence-electron chi connectivity index (χ2n) is 5.35. The minimum Gasteiger partial charge on any atom is -0.354 e. The van der Waals surface area contributed by atoms with Gasteiger partial charge in [-0.15, -0.1) is 12.4 Å². The van der Waals surface area contributed by atoms with Crippen molar-refractivity contribution in [3.05, 3.63) is 71.8 Å². The van der Waals surface area contributed by atoms with Gasteiger partial charge in [0.25, 0.3) is 0 Å². The fourth-order valence-corrected chi connectivity index (χ4v) is 2.24. The summed E-state index contributed by atoms with van der Waals surface area (Å²) < 4.78 is 0. The molecule has 0 aliphatic carbocycles. The van der Waals surface area contributed by atoms with Crippen LogP contribution in [0.4, 0.5) is 0 Å². The van der Waals surface area contributed by atoms with Gasteiger partial charge in [0, 0.05) is 6.54 Å². The largest absolute Gasteiger partial charge is 0.354 e. The highest BCUT2D eigenvalue weighted by atomic mass is 35.5. The van der Waals surface area contributed by atoms with Gasteiger partial charge in [-0.25, -0.2) is 0 Å². The molecule has 3 N–H and O–H groups in total. The summed E-state index contributed by atoms with van der Waals surface area (Å²) in [5.74, 6) is 0.181. The third-order valence-corrected chi connectivity index (χ3v) is 3.59. The van der Waals surface area contributed by atoms with Gasteiger partial charge in [-0.1, -0.05) is 67.6 Å². The average Bonchev–Trinajstić information content (AvgIpc) is 2.54. The summed E-state index contributed by atoms with van der Waals surface area (Å²) in [6.07, 6.45) is 0.562. The van der Waals surface area contributed by atoms with Gasteiger partial charge in [0.05, 0.1) is 6.04 Å². The highest BCUT2D eigenvalue weighted by molar-refractivity contribution is 5.85. The van der Waals surface area contributed by atoms with E-state index in [-0.39, 0.29) is 24.2 Å². The molecule has 0 fully saturated rings. The van der Waals surface area contributed by atoms with Crippen LogP contribution in [0, 0.1) is 0 Å². The first-order valence-corrected chi connectivity index (χ1v) is 7.29. The molecule has 0 aliphatic heterocycles. The van der Waals surface area contributed by atoms with Gasteiger partial charge < -0.3 is 11.1 Å². The number of nitrogens with one attached hydrogen (secondary N) is 1. The minimum absolute atomic E-state index is 0. The molecule has 1 amide bonds. The molecule has 0 aliphatic rings. The lowest BCUT2D eigenvalue weighted by atomic mass is 10.0. The zero-order valence-electron chi connectivity index (χ0n) is 12.7. The Balaban J connectivity index is 0.00000242. The van der Waals surface area contributed by atoms with E-state index in [4.69, 9.17) is 5.73 Å². The predicted molar refractivity (Wildman–Crippen MR) is 93.2 cm³/mol. The van der Waals surface area contributed by atoms with Crippen LogP contribution in [0.3, 0.4) is 0 Å². The predicted octanol–water partition coefficient (Wildman–Crippen LogP) is 2.90. The number of nitrogens with two attached hydrogens (primary N) is 1. The van der Waals surface area contributed by atoms with Crippen molar-refractivity contribution in [2.75, 3.05) is 6.54 Å². The van der Waals surface area contributed by atoms with Crippen LogP contribution in [0.5, 0.6) is 0 Å². The molecule has 0 bridgehead atoms. The second kappa shape index (κ2) is 9.23. The molecule has 4 heteroatoms. The van der Waals surface area contributed by atoms with Gasteiger partial charge in [-0.2, -0.15) is 0 Å². The molecule has 0 saturated heterocycles. The van der Waals surface area contributed by atoms with E-state index in [1.54, 1.807) is 0 Å². The first kappa shape index (κ1) is 18.2. The van der Waals surface area contributed by atoms with Crippen molar-refractivity contribution in [2.24, 2.45) is 5.73 Å². The van der Waals surface area contributed by atoms with Crippen LogP contribution in [-0.2, 0) is 11.2 Å². The molecule has 118 valence electrons. The number of carbonyl (C=O) groups is 1. The van der Waals surface area contributed by atoms with E-state index in [2.05, 4.69) is 24.4 Å². The van der Waals surface area contributed by atoms with Crippen LogP contribution in [0.25, 0.3) is 0 Å². The van der Waals surface area contributed by atoms with Crippen LogP contribution in [-0.4, -0.2) is 18.5 Å². The molecule has 2 atom stereocenters. The zero-order chi connectivity index (χ0) is 15.1. The minimum atomic E-state index is -0.504. The van der Waals surface area contributed by atoms with Crippen LogP contribution in [0.15, 0.2) is 60.7 Å². The molecule has 0 radical (unpaired) electrons. The Kier molecular flexibility index (Phi) is 7.64. The van der Waals surface area contributed by atoms with Crippen molar-refractivity contribution < 1.29 is 4.79 Å². The number of hydrogen-bond acceptors (Lipinski definition) is 2. The fourth-order valence-electron chi connectivity index (χ4n) is 2.24. The van der Waals surface area contributed by atoms with Crippen LogP contribution in [0.1, 0.15) is 24.0 Å². The molecule has 2 aromatic carbocycles. The van der Waals surface area contributed by atoms with Crippen molar-refractivity contribution >= 4 is 18.3 Å². The molecule has 2 rings (SSSR count). The highest BCUT2D eigenvalue weighted by Gasteiger charge is 2.15. The van der Waals surface area contributed by atoms with E-state index in [1.165, 1.54) is 5.56 Å². The van der Waals surface area contributed by atoms with Gasteiger partial charge in [0.15, 0.2) is 0 Å². The molecule has 3 nitrogen and oxygen atoms in total. The topological polar surface area (TPSA) is 55.1 Å². The first-order valence-electron chi connectivity index (χ1n) is 7.29. The van der Waals surface area contributed by atoms with E-state index >= 15 is 0 Å². The van der Waals surface area contributed by atoms with Gasteiger partial charge in [0.1, 0.15) is 0 Å². The van der Waals surface area contributed by atoms with E-state index in [9.17, 15) is 4.79 Å². The lowest BCUT2D eigenvalue weighted by Crippen LogP contribution is -2.43. The second-order valence-corrected chi connectivity index (χ2v) is 5.35. The van der Waals surface area contributed by atoms with Crippen molar-refractivity contribution in [1.29, 1.82) is 0 Å². The van der Waals surface area contributed by atoms with E-state index in [1.807, 2.05) is 48.5 Å². The molecule has 2 aromatic rings. The quantitative estimate of drug-likeness (QED) is 0.860. The van der Waals surface area contributed by atoms with Gasteiger partial charge in [-0.05, 0) is 23.5 Å². The highest BCUT2D eigenvalue weighted by Crippen LogP contribution is 2.13. The Hall–Kier alpha value is -1.84. The maximum Gasteiger partial charge on any atom is 0.237 e. The monoisotopic (exact) mass is 318 g/mol. The summed E-state index contributed by atoms with van der Waals surface area (Å²) in [6, 6.07) is 19.5. The number of benzene rings is 2. The molecular formula is C18H23ClN2O. The molecule has 22 heavy (non-hydrogen) atoms. The molecule has 0 aromatic heterocycles. The lowest BCUT2D eigenvalue weighted by Gasteiger charge is -2.16. The van der Waals surface area contributed by atoms with E-state index in [0.717, 1.165) is 5.56 Å². The number of amides is 1. The average molecular weight is 319 g/mol. The number of carbonyl (C=O) groups excluding carboxylic acids is 1. The smallest absolute Gasteiger partial charge is 0.237 e. The maximum absolute atomic E-state index is 12.0. The Morgan fingerprint density at radius 2 is 1.59 bits per heavy atom. The summed E-state index contributed by atoms with van der Waals surface area (Å²) in [5, 5.41) is 2.94. The molecular weight excluding hydrogens is 296 g/mol. The third kappa shape index (κ3) is 5.51. The van der Waals surface area contributed by atoms with Crippen molar-refractivity contribution in [1.82, 2.24) is 5.32 Å². The zero-order valence-corrected chi connectivity index (χ0v) is 13.6. The Morgan fingerprint density at radius 1 is 1.05 bits per heavy atom. The Labute approximate surface area is 138 Å². The summed E-state index contributed by atoms with van der Waals surface area (Å²) in [4.78, 5) is 12.0. The van der Waals surface area contributed by atoms with Crippen LogP contribution in [0.2, 0.25) is 0 Å². The molecule has 2 unspecified atom stereocenters. The molecule has 0 heterocycles. The number of rotatable bonds is 6. The van der Waals surface area contributed by atoms with E-state index in [0.29, 0.717) is 13.0 Å². The summed E-state index contributed by atoms with van der Waals surface area (Å²) >= 11 is 0. The van der Waals surface area contributed by atoms with Gasteiger partial charge in [-0.3, -0.25) is 4.79 Å². The van der Waals surface area contributed by atoms with Gasteiger partial charge >= 0.3 is 0 Å².